The quantitative estimate of drug-likeness (QED) is 0.850. The van der Waals surface area contributed by atoms with E-state index < -0.39 is 16.0 Å². The van der Waals surface area contributed by atoms with E-state index in [0.717, 1.165) is 0 Å². The van der Waals surface area contributed by atoms with Crippen LogP contribution in [-0.2, 0) is 14.9 Å². The number of rotatable bonds is 5. The van der Waals surface area contributed by atoms with Crippen LogP contribution in [0.1, 0.15) is 12.0 Å². The number of nitriles is 1. The van der Waals surface area contributed by atoms with Crippen LogP contribution < -0.4 is 9.50 Å². The van der Waals surface area contributed by atoms with E-state index in [9.17, 15) is 13.2 Å². The highest BCUT2D eigenvalue weighted by atomic mass is 32.2. The number of aryl methyl sites for hydroxylation is 1. The molecule has 0 aliphatic heterocycles. The average Bonchev–Trinajstić information content (AvgIpc) is 2.50. The molecule has 0 aliphatic carbocycles. The number of nitrogens with zero attached hydrogens (tertiary/aromatic N) is 1. The minimum absolute atomic E-state index is 0.0841. The van der Waals surface area contributed by atoms with E-state index in [1.165, 1.54) is 24.3 Å². The first-order valence-corrected chi connectivity index (χ1v) is 8.10. The van der Waals surface area contributed by atoms with Gasteiger partial charge in [0.2, 0.25) is 5.91 Å². The van der Waals surface area contributed by atoms with Gasteiger partial charge in [0.15, 0.2) is 0 Å². The Balaban J connectivity index is 2.29. The summed E-state index contributed by atoms with van der Waals surface area (Å²) in [5, 5.41) is 11.0. The van der Waals surface area contributed by atoms with E-state index in [0.29, 0.717) is 11.3 Å². The lowest BCUT2D eigenvalue weighted by Gasteiger charge is -2.11. The summed E-state index contributed by atoms with van der Waals surface area (Å²) >= 11 is 0. The molecule has 2 aromatic carbocycles. The van der Waals surface area contributed by atoms with Gasteiger partial charge in [-0.1, -0.05) is 24.3 Å². The Morgan fingerprint density at radius 3 is 2.57 bits per heavy atom. The second-order valence-electron chi connectivity index (χ2n) is 4.71. The fourth-order valence-electron chi connectivity index (χ4n) is 1.81. The maximum Gasteiger partial charge on any atom is 0.339 e. The van der Waals surface area contributed by atoms with E-state index >= 15 is 0 Å². The fourth-order valence-corrected chi connectivity index (χ4v) is 2.77. The normalized spacial score (nSPS) is 10.6. The molecule has 0 heterocycles. The molecule has 0 saturated carbocycles. The zero-order valence-electron chi connectivity index (χ0n) is 12.3. The van der Waals surface area contributed by atoms with Gasteiger partial charge in [-0.2, -0.15) is 13.7 Å². The van der Waals surface area contributed by atoms with E-state index in [4.69, 9.17) is 9.44 Å². The molecule has 0 aromatic heterocycles. The fraction of sp³-hybridized carbons (Fsp3) is 0.125. The van der Waals surface area contributed by atoms with Gasteiger partial charge in [-0.15, -0.1) is 0 Å². The van der Waals surface area contributed by atoms with Crippen molar-refractivity contribution in [3.05, 3.63) is 54.1 Å². The summed E-state index contributed by atoms with van der Waals surface area (Å²) < 4.78 is 29.6. The van der Waals surface area contributed by atoms with Crippen LogP contribution in [0.4, 0.5) is 5.69 Å². The number of benzene rings is 2. The smallest absolute Gasteiger partial charge is 0.339 e. The molecular weight excluding hydrogens is 316 g/mol. The van der Waals surface area contributed by atoms with Crippen molar-refractivity contribution in [1.29, 1.82) is 5.26 Å². The Labute approximate surface area is 134 Å². The molecule has 1 N–H and O–H groups in total. The molecule has 0 saturated heterocycles. The van der Waals surface area contributed by atoms with Gasteiger partial charge in [-0.25, -0.2) is 0 Å². The minimum atomic E-state index is -4.02. The van der Waals surface area contributed by atoms with Crippen LogP contribution in [-0.4, -0.2) is 14.3 Å². The summed E-state index contributed by atoms with van der Waals surface area (Å²) in [7, 11) is -4.02. The summed E-state index contributed by atoms with van der Waals surface area (Å²) in [5.74, 6) is -0.308. The van der Waals surface area contributed by atoms with Gasteiger partial charge in [0, 0.05) is 5.69 Å². The van der Waals surface area contributed by atoms with E-state index in [1.807, 2.05) is 0 Å². The molecule has 0 unspecified atom stereocenters. The second kappa shape index (κ2) is 6.94. The third-order valence-corrected chi connectivity index (χ3v) is 4.20. The Hall–Kier alpha value is -2.85. The molecule has 0 fully saturated rings. The number of carbonyl (C=O) groups is 1. The number of para-hydroxylation sites is 1. The van der Waals surface area contributed by atoms with Gasteiger partial charge < -0.3 is 9.50 Å². The first kappa shape index (κ1) is 16.5. The average molecular weight is 330 g/mol. The molecule has 0 bridgehead atoms. The molecule has 0 atom stereocenters. The molecule has 2 aromatic rings. The molecule has 23 heavy (non-hydrogen) atoms. The number of hydrogen-bond donors (Lipinski definition) is 1. The van der Waals surface area contributed by atoms with Crippen LogP contribution in [0.25, 0.3) is 0 Å². The minimum Gasteiger partial charge on any atom is -0.379 e. The van der Waals surface area contributed by atoms with Crippen LogP contribution in [0.2, 0.25) is 0 Å². The van der Waals surface area contributed by atoms with Gasteiger partial charge >= 0.3 is 10.1 Å². The van der Waals surface area contributed by atoms with Crippen LogP contribution in [0.5, 0.6) is 5.75 Å². The lowest BCUT2D eigenvalue weighted by molar-refractivity contribution is -0.115. The van der Waals surface area contributed by atoms with Crippen LogP contribution >= 0.6 is 0 Å². The Kier molecular flexibility index (Phi) is 4.98. The molecule has 1 amide bonds. The predicted molar refractivity (Wildman–Crippen MR) is 84.3 cm³/mol. The van der Waals surface area contributed by atoms with Gasteiger partial charge in [-0.05, 0) is 36.8 Å². The van der Waals surface area contributed by atoms with Crippen molar-refractivity contribution in [3.8, 4) is 11.8 Å². The highest BCUT2D eigenvalue weighted by molar-refractivity contribution is 7.87. The molecule has 6 nitrogen and oxygen atoms in total. The lowest BCUT2D eigenvalue weighted by Crippen LogP contribution is -2.14. The largest absolute Gasteiger partial charge is 0.379 e. The van der Waals surface area contributed by atoms with Crippen LogP contribution in [0.15, 0.2) is 53.4 Å². The zero-order chi connectivity index (χ0) is 16.9. The van der Waals surface area contributed by atoms with Gasteiger partial charge in [0.05, 0.1) is 6.07 Å². The summed E-state index contributed by atoms with van der Waals surface area (Å²) in [6.07, 6.45) is -0.309. The van der Waals surface area contributed by atoms with Crippen molar-refractivity contribution in [3.63, 3.8) is 0 Å². The Morgan fingerprint density at radius 2 is 1.91 bits per heavy atom. The molecule has 118 valence electrons. The molecule has 7 heteroatoms. The van der Waals surface area contributed by atoms with Crippen LogP contribution in [0, 0.1) is 18.3 Å². The lowest BCUT2D eigenvalue weighted by atomic mass is 10.2. The molecule has 0 radical (unpaired) electrons. The van der Waals surface area contributed by atoms with Crippen molar-refractivity contribution in [2.45, 2.75) is 18.2 Å². The third-order valence-electron chi connectivity index (χ3n) is 2.96. The van der Waals surface area contributed by atoms with Crippen molar-refractivity contribution >= 4 is 21.7 Å². The summed E-state index contributed by atoms with van der Waals surface area (Å²) in [5.41, 5.74) is 0.998. The van der Waals surface area contributed by atoms with Crippen LogP contribution in [0.3, 0.4) is 0 Å². The summed E-state index contributed by atoms with van der Waals surface area (Å²) in [4.78, 5) is 11.4. The van der Waals surface area contributed by atoms with E-state index in [2.05, 4.69) is 5.32 Å². The zero-order valence-corrected chi connectivity index (χ0v) is 13.1. The van der Waals surface area contributed by atoms with Gasteiger partial charge in [-0.3, -0.25) is 4.79 Å². The van der Waals surface area contributed by atoms with Crippen molar-refractivity contribution < 1.29 is 17.4 Å². The first-order valence-electron chi connectivity index (χ1n) is 6.69. The highest BCUT2D eigenvalue weighted by Crippen LogP contribution is 2.23. The standard InChI is InChI=1S/C16H14N2O4S/c1-12-7-8-14(11-15(12)18-16(19)9-10-17)23(20,21)22-13-5-3-2-4-6-13/h2-8,11H,9H2,1H3,(H,18,19). The Morgan fingerprint density at radius 1 is 1.22 bits per heavy atom. The maximum atomic E-state index is 12.3. The molecule has 0 aliphatic rings. The van der Waals surface area contributed by atoms with Gasteiger partial charge in [0.1, 0.15) is 17.1 Å². The van der Waals surface area contributed by atoms with Crippen molar-refractivity contribution in [1.82, 2.24) is 0 Å². The number of anilines is 1. The molecule has 0 spiro atoms. The summed E-state index contributed by atoms with van der Waals surface area (Å²) in [6.45, 7) is 1.72. The van der Waals surface area contributed by atoms with E-state index in [1.54, 1.807) is 37.3 Å². The molecule has 2 rings (SSSR count). The number of hydrogen-bond acceptors (Lipinski definition) is 5. The third kappa shape index (κ3) is 4.31. The van der Waals surface area contributed by atoms with E-state index in [-0.39, 0.29) is 17.1 Å². The van der Waals surface area contributed by atoms with Crippen molar-refractivity contribution in [2.24, 2.45) is 0 Å². The van der Waals surface area contributed by atoms with Gasteiger partial charge in [0.25, 0.3) is 0 Å². The maximum absolute atomic E-state index is 12.3. The first-order chi connectivity index (χ1) is 10.9. The number of carbonyl (C=O) groups excluding carboxylic acids is 1. The number of nitrogens with one attached hydrogen (secondary N) is 1. The number of amides is 1. The monoisotopic (exact) mass is 330 g/mol. The Bertz CT molecular complexity index is 855. The predicted octanol–water partition coefficient (Wildman–Crippen LogP) is 2.61. The topological polar surface area (TPSA) is 96.3 Å². The molecular formula is C16H14N2O4S. The summed E-state index contributed by atoms with van der Waals surface area (Å²) in [6, 6.07) is 14.1. The second-order valence-corrected chi connectivity index (χ2v) is 6.26. The van der Waals surface area contributed by atoms with Crippen molar-refractivity contribution in [2.75, 3.05) is 5.32 Å². The highest BCUT2D eigenvalue weighted by Gasteiger charge is 2.18. The SMILES string of the molecule is Cc1ccc(S(=O)(=O)Oc2ccccc2)cc1NC(=O)CC#N.